The molecule has 0 unspecified atom stereocenters. The molecular formula is C21H16Cl2N4O. The maximum absolute atomic E-state index is 12.4. The summed E-state index contributed by atoms with van der Waals surface area (Å²) in [6.45, 7) is 0.490. The molecule has 0 aliphatic heterocycles. The van der Waals surface area contributed by atoms with E-state index in [9.17, 15) is 4.79 Å². The molecule has 2 aromatic carbocycles. The third-order valence-electron chi connectivity index (χ3n) is 4.26. The Balaban J connectivity index is 1.40. The summed E-state index contributed by atoms with van der Waals surface area (Å²) >= 11 is 11.8. The average molecular weight is 411 g/mol. The highest BCUT2D eigenvalue weighted by atomic mass is 35.5. The maximum Gasteiger partial charge on any atom is 0.172 e. The molecule has 0 atom stereocenters. The molecule has 2 heterocycles. The number of aromatic nitrogens is 4. The van der Waals surface area contributed by atoms with E-state index in [1.54, 1.807) is 21.8 Å². The van der Waals surface area contributed by atoms with Crippen LogP contribution < -0.4 is 0 Å². The third-order valence-corrected chi connectivity index (χ3v) is 4.77. The number of ketones is 1. The van der Waals surface area contributed by atoms with E-state index in [0.717, 1.165) is 22.5 Å². The summed E-state index contributed by atoms with van der Waals surface area (Å²) in [5.74, 6) is 0.0557. The molecular weight excluding hydrogens is 395 g/mol. The van der Waals surface area contributed by atoms with E-state index < -0.39 is 0 Å². The van der Waals surface area contributed by atoms with Crippen LogP contribution >= 0.6 is 23.2 Å². The number of Topliss-reactive ketones (excluding diaryl/α,β-unsaturated/α-hetero) is 1. The first-order chi connectivity index (χ1) is 13.6. The monoisotopic (exact) mass is 410 g/mol. The number of carbonyl (C=O) groups excluding carboxylic acids is 1. The molecule has 0 saturated heterocycles. The predicted molar refractivity (Wildman–Crippen MR) is 110 cm³/mol. The summed E-state index contributed by atoms with van der Waals surface area (Å²) in [5, 5.41) is 1.35. The van der Waals surface area contributed by atoms with Crippen molar-refractivity contribution in [2.45, 2.75) is 13.1 Å². The van der Waals surface area contributed by atoms with Crippen molar-refractivity contribution in [1.82, 2.24) is 19.1 Å². The predicted octanol–water partition coefficient (Wildman–Crippen LogP) is 4.99. The molecule has 0 saturated carbocycles. The van der Waals surface area contributed by atoms with Gasteiger partial charge in [-0.2, -0.15) is 0 Å². The van der Waals surface area contributed by atoms with Crippen LogP contribution in [0.5, 0.6) is 0 Å². The Labute approximate surface area is 172 Å². The Morgan fingerprint density at radius 1 is 0.714 bits per heavy atom. The zero-order valence-corrected chi connectivity index (χ0v) is 16.3. The molecule has 0 N–H and O–H groups in total. The Morgan fingerprint density at radius 2 is 1.11 bits per heavy atom. The highest BCUT2D eigenvalue weighted by Crippen LogP contribution is 2.21. The second-order valence-electron chi connectivity index (χ2n) is 6.41. The standard InChI is InChI=1S/C21H16Cl2N4O/c22-17-5-1-15(2-6-17)20-11-26(13-24-20)9-19(28)10-27-12-21(25-14-27)16-3-7-18(23)8-4-16/h1-8,11-14H,9-10H2. The molecule has 0 bridgehead atoms. The van der Waals surface area contributed by atoms with E-state index in [1.165, 1.54) is 0 Å². The van der Waals surface area contributed by atoms with Crippen LogP contribution in [0.2, 0.25) is 10.0 Å². The Hall–Kier alpha value is -2.89. The Morgan fingerprint density at radius 3 is 1.50 bits per heavy atom. The fraction of sp³-hybridized carbons (Fsp3) is 0.0952. The van der Waals surface area contributed by atoms with Crippen LogP contribution in [-0.2, 0) is 17.9 Å². The molecule has 28 heavy (non-hydrogen) atoms. The normalized spacial score (nSPS) is 10.9. The molecule has 7 heteroatoms. The number of rotatable bonds is 6. The van der Waals surface area contributed by atoms with Crippen LogP contribution in [-0.4, -0.2) is 24.9 Å². The summed E-state index contributed by atoms with van der Waals surface area (Å²) in [7, 11) is 0. The van der Waals surface area contributed by atoms with E-state index in [0.29, 0.717) is 10.0 Å². The summed E-state index contributed by atoms with van der Waals surface area (Å²) in [6.07, 6.45) is 7.03. The van der Waals surface area contributed by atoms with Gasteiger partial charge in [-0.3, -0.25) is 4.79 Å². The van der Waals surface area contributed by atoms with Crippen molar-refractivity contribution in [2.24, 2.45) is 0 Å². The molecule has 140 valence electrons. The van der Waals surface area contributed by atoms with Crippen molar-refractivity contribution >= 4 is 29.0 Å². The number of nitrogens with zero attached hydrogens (tertiary/aromatic N) is 4. The quantitative estimate of drug-likeness (QED) is 0.449. The number of benzene rings is 2. The van der Waals surface area contributed by atoms with Crippen molar-refractivity contribution in [3.63, 3.8) is 0 Å². The first-order valence-corrected chi connectivity index (χ1v) is 9.39. The number of halogens is 2. The largest absolute Gasteiger partial charge is 0.329 e. The number of carbonyl (C=O) groups is 1. The molecule has 2 aromatic heterocycles. The first kappa shape index (κ1) is 18.5. The molecule has 0 spiro atoms. The van der Waals surface area contributed by atoms with Gasteiger partial charge in [0.1, 0.15) is 0 Å². The fourth-order valence-electron chi connectivity index (χ4n) is 2.89. The van der Waals surface area contributed by atoms with E-state index in [4.69, 9.17) is 23.2 Å². The van der Waals surface area contributed by atoms with E-state index in [1.807, 2.05) is 60.9 Å². The SMILES string of the molecule is O=C(Cn1cnc(-c2ccc(Cl)cc2)c1)Cn1cnc(-c2ccc(Cl)cc2)c1. The van der Waals surface area contributed by atoms with Gasteiger partial charge >= 0.3 is 0 Å². The molecule has 0 fully saturated rings. The van der Waals surface area contributed by atoms with Gasteiger partial charge in [0.15, 0.2) is 5.78 Å². The van der Waals surface area contributed by atoms with E-state index in [2.05, 4.69) is 9.97 Å². The highest BCUT2D eigenvalue weighted by Gasteiger charge is 2.09. The lowest BCUT2D eigenvalue weighted by atomic mass is 10.2. The minimum Gasteiger partial charge on any atom is -0.329 e. The zero-order valence-electron chi connectivity index (χ0n) is 14.8. The van der Waals surface area contributed by atoms with Gasteiger partial charge in [0, 0.05) is 33.6 Å². The Kier molecular flexibility index (Phi) is 5.28. The number of hydrogen-bond donors (Lipinski definition) is 0. The molecule has 5 nitrogen and oxygen atoms in total. The zero-order chi connectivity index (χ0) is 19.5. The van der Waals surface area contributed by atoms with Crippen LogP contribution in [0, 0.1) is 0 Å². The van der Waals surface area contributed by atoms with Gasteiger partial charge < -0.3 is 9.13 Å². The van der Waals surface area contributed by atoms with Gasteiger partial charge in [-0.15, -0.1) is 0 Å². The summed E-state index contributed by atoms with van der Waals surface area (Å²) in [5.41, 5.74) is 3.52. The smallest absolute Gasteiger partial charge is 0.172 e. The molecule has 4 aromatic rings. The van der Waals surface area contributed by atoms with Gasteiger partial charge in [0.05, 0.1) is 37.1 Å². The van der Waals surface area contributed by atoms with Crippen LogP contribution in [0.4, 0.5) is 0 Å². The Bertz CT molecular complexity index is 1010. The van der Waals surface area contributed by atoms with Gasteiger partial charge in [-0.1, -0.05) is 47.5 Å². The third kappa shape index (κ3) is 4.32. The van der Waals surface area contributed by atoms with Crippen LogP contribution in [0.15, 0.2) is 73.6 Å². The molecule has 0 amide bonds. The molecule has 0 aliphatic rings. The summed E-state index contributed by atoms with van der Waals surface area (Å²) in [6, 6.07) is 14.9. The molecule has 4 rings (SSSR count). The molecule has 0 aliphatic carbocycles. The minimum atomic E-state index is 0.0557. The lowest BCUT2D eigenvalue weighted by Crippen LogP contribution is -2.14. The van der Waals surface area contributed by atoms with Crippen molar-refractivity contribution < 1.29 is 4.79 Å². The van der Waals surface area contributed by atoms with Crippen LogP contribution in [0.25, 0.3) is 22.5 Å². The second kappa shape index (κ2) is 8.00. The molecule has 0 radical (unpaired) electrons. The maximum atomic E-state index is 12.4. The second-order valence-corrected chi connectivity index (χ2v) is 7.29. The van der Waals surface area contributed by atoms with Gasteiger partial charge in [-0.05, 0) is 24.3 Å². The average Bonchev–Trinajstić information content (AvgIpc) is 3.33. The topological polar surface area (TPSA) is 52.7 Å². The van der Waals surface area contributed by atoms with Crippen molar-refractivity contribution in [3.05, 3.63) is 83.6 Å². The summed E-state index contributed by atoms with van der Waals surface area (Å²) < 4.78 is 3.56. The van der Waals surface area contributed by atoms with E-state index >= 15 is 0 Å². The van der Waals surface area contributed by atoms with Crippen molar-refractivity contribution in [3.8, 4) is 22.5 Å². The van der Waals surface area contributed by atoms with Gasteiger partial charge in [-0.25, -0.2) is 9.97 Å². The van der Waals surface area contributed by atoms with E-state index in [-0.39, 0.29) is 18.9 Å². The number of hydrogen-bond acceptors (Lipinski definition) is 3. The highest BCUT2D eigenvalue weighted by molar-refractivity contribution is 6.30. The van der Waals surface area contributed by atoms with Crippen molar-refractivity contribution in [2.75, 3.05) is 0 Å². The fourth-order valence-corrected chi connectivity index (χ4v) is 3.14. The van der Waals surface area contributed by atoms with Crippen LogP contribution in [0.1, 0.15) is 0 Å². The number of imidazole rings is 2. The van der Waals surface area contributed by atoms with Crippen LogP contribution in [0.3, 0.4) is 0 Å². The summed E-state index contributed by atoms with van der Waals surface area (Å²) in [4.78, 5) is 21.2. The van der Waals surface area contributed by atoms with Gasteiger partial charge in [0.2, 0.25) is 0 Å². The van der Waals surface area contributed by atoms with Crippen molar-refractivity contribution in [1.29, 1.82) is 0 Å². The lowest BCUT2D eigenvalue weighted by molar-refractivity contribution is -0.120. The lowest BCUT2D eigenvalue weighted by Gasteiger charge is -2.03. The first-order valence-electron chi connectivity index (χ1n) is 8.64. The minimum absolute atomic E-state index is 0.0557. The van der Waals surface area contributed by atoms with Gasteiger partial charge in [0.25, 0.3) is 0 Å².